The standard InChI is InChI=1S/C30H25F4N3O5/c1-16(30(32,33)34)36-26(24(38)14-17-2-9-22(31)10-3-17)37-27(40)29(42-28(37)41)13-12-21-15-20(8-11-23(21)29)18-4-6-19(7-5-18)25(35)39/h2-11,15-16,26,36H,12-14H2,1H3,(H2,35,39)/t16-,26?,29+/m0/s1. The van der Waals surface area contributed by atoms with Crippen LogP contribution >= 0.6 is 0 Å². The third-order valence-corrected chi connectivity index (χ3v) is 7.57. The molecule has 1 aliphatic carbocycles. The molecule has 1 saturated heterocycles. The molecular weight excluding hydrogens is 558 g/mol. The second-order valence-electron chi connectivity index (χ2n) is 10.3. The third kappa shape index (κ3) is 5.25. The number of benzene rings is 3. The summed E-state index contributed by atoms with van der Waals surface area (Å²) in [5.41, 5.74) is 6.67. The van der Waals surface area contributed by atoms with Crippen LogP contribution in [0.1, 0.15) is 40.4 Å². The molecule has 3 atom stereocenters. The first-order valence-electron chi connectivity index (χ1n) is 13.0. The van der Waals surface area contributed by atoms with Gasteiger partial charge in [-0.3, -0.25) is 19.7 Å². The summed E-state index contributed by atoms with van der Waals surface area (Å²) in [6.07, 6.45) is -8.15. The molecule has 1 fully saturated rings. The molecule has 0 bridgehead atoms. The fourth-order valence-corrected chi connectivity index (χ4v) is 5.26. The Kier molecular flexibility index (Phi) is 7.35. The second-order valence-corrected chi connectivity index (χ2v) is 10.3. The van der Waals surface area contributed by atoms with E-state index in [2.05, 4.69) is 5.32 Å². The monoisotopic (exact) mass is 583 g/mol. The molecule has 218 valence electrons. The van der Waals surface area contributed by atoms with E-state index < -0.39 is 59.9 Å². The zero-order valence-corrected chi connectivity index (χ0v) is 22.2. The molecule has 2 aliphatic rings. The number of hydrogen-bond donors (Lipinski definition) is 2. The van der Waals surface area contributed by atoms with E-state index >= 15 is 0 Å². The highest BCUT2D eigenvalue weighted by molar-refractivity contribution is 6.07. The SMILES string of the molecule is C[C@H](NC(C(=O)Cc1ccc(F)cc1)N1C(=O)O[C@@]2(CCc3cc(-c4ccc(C(N)=O)cc4)ccc32)C1=O)C(F)(F)F. The second kappa shape index (κ2) is 10.7. The minimum absolute atomic E-state index is 0.0289. The summed E-state index contributed by atoms with van der Waals surface area (Å²) in [5, 5.41) is 2.09. The molecule has 0 saturated carbocycles. The molecule has 3 aromatic carbocycles. The number of ether oxygens (including phenoxy) is 1. The third-order valence-electron chi connectivity index (χ3n) is 7.57. The van der Waals surface area contributed by atoms with Crippen LogP contribution in [0.25, 0.3) is 11.1 Å². The number of halogens is 4. The van der Waals surface area contributed by atoms with Crippen LogP contribution < -0.4 is 11.1 Å². The van der Waals surface area contributed by atoms with Gasteiger partial charge in [0.1, 0.15) is 11.9 Å². The summed E-state index contributed by atoms with van der Waals surface area (Å²) in [4.78, 5) is 52.1. The normalized spacial score (nSPS) is 19.5. The summed E-state index contributed by atoms with van der Waals surface area (Å²) in [5.74, 6) is -3.01. The van der Waals surface area contributed by atoms with Gasteiger partial charge in [-0.25, -0.2) is 14.1 Å². The van der Waals surface area contributed by atoms with Gasteiger partial charge in [-0.15, -0.1) is 0 Å². The van der Waals surface area contributed by atoms with Crippen molar-refractivity contribution < 1.29 is 41.5 Å². The molecule has 8 nitrogen and oxygen atoms in total. The van der Waals surface area contributed by atoms with Crippen molar-refractivity contribution in [2.24, 2.45) is 5.73 Å². The van der Waals surface area contributed by atoms with Crippen molar-refractivity contribution in [2.75, 3.05) is 0 Å². The Morgan fingerprint density at radius 2 is 1.67 bits per heavy atom. The number of alkyl halides is 3. The number of carbonyl (C=O) groups excluding carboxylic acids is 4. The molecule has 1 heterocycles. The number of nitrogens with two attached hydrogens (primary N) is 1. The summed E-state index contributed by atoms with van der Waals surface area (Å²) < 4.78 is 59.4. The number of imide groups is 1. The Balaban J connectivity index is 1.45. The Morgan fingerprint density at radius 1 is 1.02 bits per heavy atom. The lowest BCUT2D eigenvalue weighted by molar-refractivity contribution is -0.160. The maximum atomic E-state index is 13.8. The molecule has 3 aromatic rings. The summed E-state index contributed by atoms with van der Waals surface area (Å²) >= 11 is 0. The van der Waals surface area contributed by atoms with Crippen LogP contribution in [0, 0.1) is 5.82 Å². The van der Waals surface area contributed by atoms with Gasteiger partial charge in [-0.1, -0.05) is 42.5 Å². The van der Waals surface area contributed by atoms with Crippen molar-refractivity contribution >= 4 is 23.7 Å². The fourth-order valence-electron chi connectivity index (χ4n) is 5.26. The number of carbonyl (C=O) groups is 4. The maximum absolute atomic E-state index is 13.8. The smallest absolute Gasteiger partial charge is 0.419 e. The first-order chi connectivity index (χ1) is 19.8. The highest BCUT2D eigenvalue weighted by atomic mass is 19.4. The first kappa shape index (κ1) is 28.9. The van der Waals surface area contributed by atoms with E-state index in [1.54, 1.807) is 42.5 Å². The van der Waals surface area contributed by atoms with Gasteiger partial charge < -0.3 is 10.5 Å². The van der Waals surface area contributed by atoms with Crippen molar-refractivity contribution in [3.63, 3.8) is 0 Å². The van der Waals surface area contributed by atoms with Crippen molar-refractivity contribution in [3.05, 3.63) is 94.8 Å². The maximum Gasteiger partial charge on any atom is 0.419 e. The topological polar surface area (TPSA) is 119 Å². The number of nitrogens with one attached hydrogen (secondary N) is 1. The van der Waals surface area contributed by atoms with Crippen LogP contribution in [0.15, 0.2) is 66.7 Å². The zero-order chi connectivity index (χ0) is 30.4. The predicted octanol–water partition coefficient (Wildman–Crippen LogP) is 4.39. The molecule has 3 N–H and O–H groups in total. The number of fused-ring (bicyclic) bond motifs is 2. The Bertz CT molecular complexity index is 1570. The van der Waals surface area contributed by atoms with E-state index in [1.165, 1.54) is 12.1 Å². The molecule has 0 aromatic heterocycles. The molecule has 1 spiro atoms. The van der Waals surface area contributed by atoms with Gasteiger partial charge in [0.25, 0.3) is 5.91 Å². The molecule has 5 rings (SSSR count). The van der Waals surface area contributed by atoms with Crippen molar-refractivity contribution in [1.82, 2.24) is 10.2 Å². The number of primary amides is 1. The minimum atomic E-state index is -4.79. The molecule has 42 heavy (non-hydrogen) atoms. The van der Waals surface area contributed by atoms with E-state index in [0.29, 0.717) is 28.0 Å². The van der Waals surface area contributed by atoms with Gasteiger partial charge >= 0.3 is 12.3 Å². The largest absolute Gasteiger partial charge is 0.427 e. The molecule has 12 heteroatoms. The van der Waals surface area contributed by atoms with Crippen LogP contribution in [0.4, 0.5) is 22.4 Å². The number of rotatable bonds is 8. The Morgan fingerprint density at radius 3 is 2.29 bits per heavy atom. The van der Waals surface area contributed by atoms with E-state index in [9.17, 15) is 36.7 Å². The van der Waals surface area contributed by atoms with Gasteiger partial charge in [0, 0.05) is 24.0 Å². The first-order valence-corrected chi connectivity index (χ1v) is 13.0. The van der Waals surface area contributed by atoms with Gasteiger partial charge in [0.05, 0.1) is 0 Å². The van der Waals surface area contributed by atoms with E-state index in [4.69, 9.17) is 10.5 Å². The number of Topliss-reactive ketones (excluding diaryl/α,β-unsaturated/α-hetero) is 1. The molecule has 1 unspecified atom stereocenters. The van der Waals surface area contributed by atoms with Crippen LogP contribution in [-0.4, -0.2) is 47.0 Å². The Hall–Kier alpha value is -4.58. The van der Waals surface area contributed by atoms with Crippen molar-refractivity contribution in [3.8, 4) is 11.1 Å². The van der Waals surface area contributed by atoms with Crippen LogP contribution in [0.3, 0.4) is 0 Å². The number of aryl methyl sites for hydroxylation is 1. The lowest BCUT2D eigenvalue weighted by atomic mass is 9.92. The van der Waals surface area contributed by atoms with Crippen molar-refractivity contribution in [2.45, 2.75) is 50.2 Å². The summed E-state index contributed by atoms with van der Waals surface area (Å²) in [6, 6.07) is 14.2. The summed E-state index contributed by atoms with van der Waals surface area (Å²) in [7, 11) is 0. The summed E-state index contributed by atoms with van der Waals surface area (Å²) in [6.45, 7) is 0.766. The molecular formula is C30H25F4N3O5. The number of hydrogen-bond acceptors (Lipinski definition) is 6. The van der Waals surface area contributed by atoms with E-state index in [-0.39, 0.29) is 12.0 Å². The highest BCUT2D eigenvalue weighted by Gasteiger charge is 2.60. The zero-order valence-electron chi connectivity index (χ0n) is 22.2. The number of amides is 3. The predicted molar refractivity (Wildman–Crippen MR) is 141 cm³/mol. The lowest BCUT2D eigenvalue weighted by Crippen LogP contribution is -2.59. The minimum Gasteiger partial charge on any atom is -0.427 e. The fraction of sp³-hybridized carbons (Fsp3) is 0.267. The van der Waals surface area contributed by atoms with Crippen LogP contribution in [-0.2, 0) is 32.8 Å². The molecule has 1 aliphatic heterocycles. The lowest BCUT2D eigenvalue weighted by Gasteiger charge is -2.29. The quantitative estimate of drug-likeness (QED) is 0.380. The highest BCUT2D eigenvalue weighted by Crippen LogP contribution is 2.47. The van der Waals surface area contributed by atoms with Gasteiger partial charge in [0.2, 0.25) is 11.5 Å². The van der Waals surface area contributed by atoms with Crippen molar-refractivity contribution in [1.29, 1.82) is 0 Å². The Labute approximate surface area is 237 Å². The van der Waals surface area contributed by atoms with Gasteiger partial charge in [-0.2, -0.15) is 13.2 Å². The average molecular weight is 584 g/mol. The molecule has 0 radical (unpaired) electrons. The number of ketones is 1. The van der Waals surface area contributed by atoms with Gasteiger partial charge in [-0.05, 0) is 59.9 Å². The van der Waals surface area contributed by atoms with Gasteiger partial charge in [0.15, 0.2) is 11.9 Å². The number of nitrogens with zero attached hydrogens (tertiary/aromatic N) is 1. The van der Waals surface area contributed by atoms with Crippen LogP contribution in [0.2, 0.25) is 0 Å². The average Bonchev–Trinajstić information content (AvgIpc) is 3.43. The van der Waals surface area contributed by atoms with E-state index in [0.717, 1.165) is 30.2 Å². The molecule has 3 amide bonds. The van der Waals surface area contributed by atoms with E-state index in [1.807, 2.05) is 0 Å². The van der Waals surface area contributed by atoms with Crippen LogP contribution in [0.5, 0.6) is 0 Å².